The summed E-state index contributed by atoms with van der Waals surface area (Å²) in [6, 6.07) is 2.27. The van der Waals surface area contributed by atoms with Gasteiger partial charge < -0.3 is 10.6 Å². The van der Waals surface area contributed by atoms with Crippen LogP contribution in [0.5, 0.6) is 0 Å². The van der Waals surface area contributed by atoms with Crippen molar-refractivity contribution in [2.24, 2.45) is 5.73 Å². The summed E-state index contributed by atoms with van der Waals surface area (Å²) in [4.78, 5) is 16.5. The van der Waals surface area contributed by atoms with Gasteiger partial charge in [0.15, 0.2) is 0 Å². The molecule has 2 rings (SSSR count). The highest BCUT2D eigenvalue weighted by Gasteiger charge is 2.25. The second-order valence-electron chi connectivity index (χ2n) is 4.94. The average Bonchev–Trinajstić information content (AvgIpc) is 2.98. The minimum Gasteiger partial charge on any atom is -0.335 e. The van der Waals surface area contributed by atoms with Crippen molar-refractivity contribution in [2.45, 2.75) is 25.8 Å². The molecule has 1 saturated heterocycles. The molecule has 0 aromatic carbocycles. The molecule has 1 aromatic rings. The lowest BCUT2D eigenvalue weighted by Gasteiger charge is -2.38. The van der Waals surface area contributed by atoms with Crippen LogP contribution in [-0.2, 0) is 0 Å². The fraction of sp³-hybridized carbons (Fsp3) is 0.692. The fourth-order valence-corrected chi connectivity index (χ4v) is 2.67. The molecule has 1 aliphatic heterocycles. The van der Waals surface area contributed by atoms with Gasteiger partial charge in [-0.25, -0.2) is 0 Å². The topological polar surface area (TPSA) is 78.2 Å². The van der Waals surface area contributed by atoms with Crippen molar-refractivity contribution >= 4 is 5.91 Å². The van der Waals surface area contributed by atoms with E-state index in [1.54, 1.807) is 12.3 Å². The molecule has 0 saturated carbocycles. The van der Waals surface area contributed by atoms with Crippen molar-refractivity contribution in [1.29, 1.82) is 0 Å². The Balaban J connectivity index is 1.87. The maximum Gasteiger partial charge on any atom is 0.271 e. The molecular formula is C13H23N5O. The third kappa shape index (κ3) is 3.33. The minimum absolute atomic E-state index is 0.0454. The van der Waals surface area contributed by atoms with E-state index in [4.69, 9.17) is 5.73 Å². The van der Waals surface area contributed by atoms with Crippen molar-refractivity contribution in [3.05, 3.63) is 18.0 Å². The summed E-state index contributed by atoms with van der Waals surface area (Å²) in [7, 11) is 0. The Hall–Kier alpha value is -1.40. The van der Waals surface area contributed by atoms with Gasteiger partial charge in [-0.3, -0.25) is 14.8 Å². The molecule has 1 atom stereocenters. The van der Waals surface area contributed by atoms with Gasteiger partial charge in [0.1, 0.15) is 5.69 Å². The fourth-order valence-electron chi connectivity index (χ4n) is 2.67. The second kappa shape index (κ2) is 6.68. The number of nitrogens with two attached hydrogens (primary N) is 1. The lowest BCUT2D eigenvalue weighted by atomic mass is 10.1. The number of H-pyrrole nitrogens is 1. The third-order valence-electron chi connectivity index (χ3n) is 3.82. The Morgan fingerprint density at radius 2 is 2.21 bits per heavy atom. The van der Waals surface area contributed by atoms with Crippen LogP contribution in [0.25, 0.3) is 0 Å². The lowest BCUT2D eigenvalue weighted by molar-refractivity contribution is 0.0551. The van der Waals surface area contributed by atoms with Gasteiger partial charge in [0.05, 0.1) is 0 Å². The number of carbonyl (C=O) groups is 1. The number of aromatic nitrogens is 2. The third-order valence-corrected chi connectivity index (χ3v) is 3.82. The molecule has 1 aromatic heterocycles. The number of amides is 1. The summed E-state index contributed by atoms with van der Waals surface area (Å²) in [5.41, 5.74) is 6.22. The van der Waals surface area contributed by atoms with Crippen molar-refractivity contribution in [2.75, 3.05) is 32.7 Å². The first kappa shape index (κ1) is 14.0. The Kier molecular flexibility index (Phi) is 4.93. The van der Waals surface area contributed by atoms with Crippen LogP contribution in [0.1, 0.15) is 30.3 Å². The smallest absolute Gasteiger partial charge is 0.271 e. The van der Waals surface area contributed by atoms with E-state index in [0.29, 0.717) is 11.7 Å². The quantitative estimate of drug-likeness (QED) is 0.802. The van der Waals surface area contributed by atoms with E-state index in [1.807, 2.05) is 4.90 Å². The summed E-state index contributed by atoms with van der Waals surface area (Å²) in [6.45, 7) is 6.34. The first-order valence-corrected chi connectivity index (χ1v) is 6.99. The highest BCUT2D eigenvalue weighted by molar-refractivity contribution is 5.92. The number of nitrogens with zero attached hydrogens (tertiary/aromatic N) is 3. The predicted octanol–water partition coefficient (Wildman–Crippen LogP) is 0.295. The van der Waals surface area contributed by atoms with Crippen LogP contribution in [0.2, 0.25) is 0 Å². The Morgan fingerprint density at radius 1 is 1.47 bits per heavy atom. The first-order chi connectivity index (χ1) is 9.26. The van der Waals surface area contributed by atoms with Crippen molar-refractivity contribution in [3.8, 4) is 0 Å². The summed E-state index contributed by atoms with van der Waals surface area (Å²) < 4.78 is 0. The molecular weight excluding hydrogens is 242 g/mol. The van der Waals surface area contributed by atoms with Crippen LogP contribution in [-0.4, -0.2) is 64.7 Å². The predicted molar refractivity (Wildman–Crippen MR) is 73.8 cm³/mol. The first-order valence-electron chi connectivity index (χ1n) is 6.99. The molecule has 19 heavy (non-hydrogen) atoms. The molecule has 0 bridgehead atoms. The maximum absolute atomic E-state index is 12.1. The van der Waals surface area contributed by atoms with Gasteiger partial charge in [-0.1, -0.05) is 6.92 Å². The summed E-state index contributed by atoms with van der Waals surface area (Å²) in [6.07, 6.45) is 3.76. The second-order valence-corrected chi connectivity index (χ2v) is 4.94. The highest BCUT2D eigenvalue weighted by atomic mass is 16.2. The molecule has 3 N–H and O–H groups in total. The normalized spacial score (nSPS) is 18.5. The van der Waals surface area contributed by atoms with Gasteiger partial charge in [0.25, 0.3) is 5.91 Å². The van der Waals surface area contributed by atoms with E-state index in [9.17, 15) is 4.79 Å². The van der Waals surface area contributed by atoms with E-state index in [0.717, 1.165) is 45.6 Å². The number of hydrogen-bond donors (Lipinski definition) is 2. The molecule has 6 nitrogen and oxygen atoms in total. The lowest BCUT2D eigenvalue weighted by Crippen LogP contribution is -2.52. The Labute approximate surface area is 113 Å². The van der Waals surface area contributed by atoms with Crippen LogP contribution in [0.15, 0.2) is 12.3 Å². The van der Waals surface area contributed by atoms with E-state index >= 15 is 0 Å². The van der Waals surface area contributed by atoms with Crippen LogP contribution < -0.4 is 5.73 Å². The van der Waals surface area contributed by atoms with Crippen LogP contribution in [0.3, 0.4) is 0 Å². The van der Waals surface area contributed by atoms with Gasteiger partial charge in [-0.05, 0) is 25.5 Å². The largest absolute Gasteiger partial charge is 0.335 e. The highest BCUT2D eigenvalue weighted by Crippen LogP contribution is 2.13. The number of hydrogen-bond acceptors (Lipinski definition) is 4. The summed E-state index contributed by atoms with van der Waals surface area (Å²) in [5, 5.41) is 6.55. The van der Waals surface area contributed by atoms with Crippen LogP contribution in [0.4, 0.5) is 0 Å². The average molecular weight is 265 g/mol. The molecule has 106 valence electrons. The maximum atomic E-state index is 12.1. The monoisotopic (exact) mass is 265 g/mol. The molecule has 0 aliphatic carbocycles. The minimum atomic E-state index is 0.0454. The molecule has 1 aliphatic rings. The summed E-state index contributed by atoms with van der Waals surface area (Å²) in [5.74, 6) is 0.0454. The van der Waals surface area contributed by atoms with E-state index in [-0.39, 0.29) is 5.91 Å². The number of carbonyl (C=O) groups excluding carboxylic acids is 1. The molecule has 1 amide bonds. The Morgan fingerprint density at radius 3 is 2.74 bits per heavy atom. The van der Waals surface area contributed by atoms with Gasteiger partial charge in [-0.2, -0.15) is 5.10 Å². The number of aromatic amines is 1. The van der Waals surface area contributed by atoms with Gasteiger partial charge in [0.2, 0.25) is 0 Å². The molecule has 1 fully saturated rings. The molecule has 2 heterocycles. The van der Waals surface area contributed by atoms with Gasteiger partial charge in [0, 0.05) is 38.4 Å². The van der Waals surface area contributed by atoms with Crippen molar-refractivity contribution < 1.29 is 4.79 Å². The number of nitrogens with one attached hydrogen (secondary N) is 1. The van der Waals surface area contributed by atoms with Crippen molar-refractivity contribution in [3.63, 3.8) is 0 Å². The van der Waals surface area contributed by atoms with Crippen LogP contribution >= 0.6 is 0 Å². The van der Waals surface area contributed by atoms with E-state index in [2.05, 4.69) is 22.0 Å². The SMILES string of the molecule is CCC(CCN)N1CCN(C(=O)c2ccn[nH]2)CC1. The molecule has 0 radical (unpaired) electrons. The van der Waals surface area contributed by atoms with Gasteiger partial charge >= 0.3 is 0 Å². The zero-order chi connectivity index (χ0) is 13.7. The summed E-state index contributed by atoms with van der Waals surface area (Å²) >= 11 is 0. The standard InChI is InChI=1S/C13H23N5O/c1-2-11(3-5-14)17-7-9-18(10-8-17)13(19)12-4-6-15-16-12/h4,6,11H,2-3,5,7-10,14H2,1H3,(H,15,16). The molecule has 1 unspecified atom stereocenters. The molecule has 0 spiro atoms. The number of piperazine rings is 1. The van der Waals surface area contributed by atoms with Crippen LogP contribution in [0, 0.1) is 0 Å². The zero-order valence-electron chi connectivity index (χ0n) is 11.5. The zero-order valence-corrected chi connectivity index (χ0v) is 11.5. The van der Waals surface area contributed by atoms with E-state index < -0.39 is 0 Å². The molecule has 6 heteroatoms. The van der Waals surface area contributed by atoms with Crippen molar-refractivity contribution in [1.82, 2.24) is 20.0 Å². The number of rotatable bonds is 5. The Bertz CT molecular complexity index is 384. The van der Waals surface area contributed by atoms with E-state index in [1.165, 1.54) is 0 Å². The van der Waals surface area contributed by atoms with Gasteiger partial charge in [-0.15, -0.1) is 0 Å².